The van der Waals surface area contributed by atoms with Gasteiger partial charge in [-0.3, -0.25) is 9.78 Å². The third kappa shape index (κ3) is 3.66. The standard InChI is InChI=1S/C15H19N3O3/c1-11-10-17(2)8-9-18(11)15(21)14-12(4-3-7-16-14)5-6-13(19)20/h3-7,11H,8-10H2,1-2H3,(H,19,20)/b6-5+. The van der Waals surface area contributed by atoms with E-state index in [0.29, 0.717) is 17.8 Å². The van der Waals surface area contributed by atoms with Crippen LogP contribution in [0.4, 0.5) is 0 Å². The van der Waals surface area contributed by atoms with Crippen molar-refractivity contribution in [1.82, 2.24) is 14.8 Å². The van der Waals surface area contributed by atoms with Crippen LogP contribution in [0.1, 0.15) is 23.0 Å². The molecule has 6 heteroatoms. The lowest BCUT2D eigenvalue weighted by molar-refractivity contribution is -0.131. The van der Waals surface area contributed by atoms with E-state index in [1.54, 1.807) is 23.2 Å². The molecule has 0 aromatic carbocycles. The fraction of sp³-hybridized carbons (Fsp3) is 0.400. The van der Waals surface area contributed by atoms with Gasteiger partial charge in [0.2, 0.25) is 0 Å². The Balaban J connectivity index is 2.25. The van der Waals surface area contributed by atoms with Crippen molar-refractivity contribution < 1.29 is 14.7 Å². The number of hydrogen-bond donors (Lipinski definition) is 1. The number of carboxylic acid groups (broad SMARTS) is 1. The van der Waals surface area contributed by atoms with Crippen LogP contribution in [0, 0.1) is 0 Å². The molecule has 1 aliphatic heterocycles. The number of hydrogen-bond acceptors (Lipinski definition) is 4. The first-order valence-corrected chi connectivity index (χ1v) is 6.84. The molecule has 1 N–H and O–H groups in total. The highest BCUT2D eigenvalue weighted by Crippen LogP contribution is 2.15. The van der Waals surface area contributed by atoms with E-state index in [1.165, 1.54) is 6.08 Å². The fourth-order valence-electron chi connectivity index (χ4n) is 2.47. The Labute approximate surface area is 123 Å². The second kappa shape index (κ2) is 6.49. The first-order valence-electron chi connectivity index (χ1n) is 6.84. The molecule has 1 saturated heterocycles. The first-order chi connectivity index (χ1) is 9.99. The van der Waals surface area contributed by atoms with Gasteiger partial charge >= 0.3 is 5.97 Å². The molecule has 0 bridgehead atoms. The molecule has 2 rings (SSSR count). The Morgan fingerprint density at radius 2 is 2.19 bits per heavy atom. The van der Waals surface area contributed by atoms with Crippen molar-refractivity contribution in [1.29, 1.82) is 0 Å². The van der Waals surface area contributed by atoms with Gasteiger partial charge in [-0.2, -0.15) is 0 Å². The number of piperazine rings is 1. The predicted octanol–water partition coefficient (Wildman–Crippen LogP) is 0.955. The van der Waals surface area contributed by atoms with Gasteiger partial charge in [0.05, 0.1) is 0 Å². The van der Waals surface area contributed by atoms with E-state index in [2.05, 4.69) is 9.88 Å². The highest BCUT2D eigenvalue weighted by atomic mass is 16.4. The lowest BCUT2D eigenvalue weighted by atomic mass is 10.1. The summed E-state index contributed by atoms with van der Waals surface area (Å²) in [5.41, 5.74) is 0.822. The van der Waals surface area contributed by atoms with Crippen LogP contribution in [0.2, 0.25) is 0 Å². The minimum absolute atomic E-state index is 0.106. The molecule has 0 spiro atoms. The van der Waals surface area contributed by atoms with Gasteiger partial charge < -0.3 is 14.9 Å². The maximum atomic E-state index is 12.6. The largest absolute Gasteiger partial charge is 0.478 e. The Morgan fingerprint density at radius 3 is 2.86 bits per heavy atom. The summed E-state index contributed by atoms with van der Waals surface area (Å²) in [7, 11) is 2.03. The molecule has 0 aliphatic carbocycles. The molecule has 1 aliphatic rings. The molecule has 1 aromatic heterocycles. The molecular weight excluding hydrogens is 270 g/mol. The number of nitrogens with zero attached hydrogens (tertiary/aromatic N) is 3. The fourth-order valence-corrected chi connectivity index (χ4v) is 2.47. The van der Waals surface area contributed by atoms with Crippen LogP contribution in [-0.2, 0) is 4.79 Å². The van der Waals surface area contributed by atoms with Crippen LogP contribution in [0.5, 0.6) is 0 Å². The second-order valence-electron chi connectivity index (χ2n) is 5.22. The van der Waals surface area contributed by atoms with E-state index >= 15 is 0 Å². The molecule has 6 nitrogen and oxygen atoms in total. The van der Waals surface area contributed by atoms with E-state index in [9.17, 15) is 9.59 Å². The first kappa shape index (κ1) is 15.2. The predicted molar refractivity (Wildman–Crippen MR) is 78.9 cm³/mol. The summed E-state index contributed by atoms with van der Waals surface area (Å²) in [6, 6.07) is 3.49. The van der Waals surface area contributed by atoms with Crippen LogP contribution in [0.15, 0.2) is 24.4 Å². The molecule has 112 valence electrons. The van der Waals surface area contributed by atoms with Crippen molar-refractivity contribution >= 4 is 18.0 Å². The van der Waals surface area contributed by atoms with Gasteiger partial charge in [0.15, 0.2) is 0 Å². The van der Waals surface area contributed by atoms with E-state index in [4.69, 9.17) is 5.11 Å². The van der Waals surface area contributed by atoms with Crippen molar-refractivity contribution in [2.45, 2.75) is 13.0 Å². The zero-order chi connectivity index (χ0) is 15.4. The Bertz CT molecular complexity index is 571. The number of rotatable bonds is 3. The molecule has 0 saturated carbocycles. The average Bonchev–Trinajstić information content (AvgIpc) is 2.45. The number of carbonyl (C=O) groups is 2. The third-order valence-corrected chi connectivity index (χ3v) is 3.54. The molecule has 21 heavy (non-hydrogen) atoms. The Morgan fingerprint density at radius 1 is 1.43 bits per heavy atom. The van der Waals surface area contributed by atoms with Gasteiger partial charge in [0, 0.05) is 43.5 Å². The molecule has 1 amide bonds. The highest BCUT2D eigenvalue weighted by molar-refractivity contribution is 5.97. The van der Waals surface area contributed by atoms with E-state index < -0.39 is 5.97 Å². The summed E-state index contributed by atoms with van der Waals surface area (Å²) < 4.78 is 0. The number of aliphatic carboxylic acids is 1. The van der Waals surface area contributed by atoms with E-state index in [-0.39, 0.29) is 11.9 Å². The summed E-state index contributed by atoms with van der Waals surface area (Å²) >= 11 is 0. The number of pyridine rings is 1. The second-order valence-corrected chi connectivity index (χ2v) is 5.22. The van der Waals surface area contributed by atoms with Gasteiger partial charge in [0.25, 0.3) is 5.91 Å². The smallest absolute Gasteiger partial charge is 0.328 e. The zero-order valence-electron chi connectivity index (χ0n) is 12.2. The lowest BCUT2D eigenvalue weighted by Gasteiger charge is -2.38. The van der Waals surface area contributed by atoms with Gasteiger partial charge in [-0.05, 0) is 26.1 Å². The van der Waals surface area contributed by atoms with Crippen molar-refractivity contribution in [2.75, 3.05) is 26.7 Å². The molecule has 1 unspecified atom stereocenters. The van der Waals surface area contributed by atoms with Crippen LogP contribution in [0.25, 0.3) is 6.08 Å². The maximum Gasteiger partial charge on any atom is 0.328 e. The Hall–Kier alpha value is -2.21. The molecule has 1 fully saturated rings. The minimum atomic E-state index is -1.05. The van der Waals surface area contributed by atoms with Crippen LogP contribution >= 0.6 is 0 Å². The van der Waals surface area contributed by atoms with E-state index in [0.717, 1.165) is 19.2 Å². The number of amides is 1. The zero-order valence-corrected chi connectivity index (χ0v) is 12.2. The lowest BCUT2D eigenvalue weighted by Crippen LogP contribution is -2.53. The molecule has 1 aromatic rings. The summed E-state index contributed by atoms with van der Waals surface area (Å²) in [6.07, 6.45) is 3.97. The Kier molecular flexibility index (Phi) is 4.70. The highest BCUT2D eigenvalue weighted by Gasteiger charge is 2.28. The van der Waals surface area contributed by atoms with Crippen molar-refractivity contribution in [3.8, 4) is 0 Å². The monoisotopic (exact) mass is 289 g/mol. The number of likely N-dealkylation sites (N-methyl/N-ethyl adjacent to an activating group) is 1. The summed E-state index contributed by atoms with van der Waals surface area (Å²) in [6.45, 7) is 4.29. The summed E-state index contributed by atoms with van der Waals surface area (Å²) in [5.74, 6) is -1.20. The molecule has 0 radical (unpaired) electrons. The van der Waals surface area contributed by atoms with Gasteiger partial charge in [0.1, 0.15) is 5.69 Å². The van der Waals surface area contributed by atoms with Crippen molar-refractivity contribution in [3.63, 3.8) is 0 Å². The van der Waals surface area contributed by atoms with Gasteiger partial charge in [-0.25, -0.2) is 4.79 Å². The van der Waals surface area contributed by atoms with E-state index in [1.807, 2.05) is 14.0 Å². The van der Waals surface area contributed by atoms with Crippen LogP contribution in [0.3, 0.4) is 0 Å². The third-order valence-electron chi connectivity index (χ3n) is 3.54. The normalized spacial score (nSPS) is 19.9. The van der Waals surface area contributed by atoms with Crippen LogP contribution in [-0.4, -0.2) is 64.5 Å². The van der Waals surface area contributed by atoms with Crippen molar-refractivity contribution in [3.05, 3.63) is 35.7 Å². The number of carbonyl (C=O) groups excluding carboxylic acids is 1. The molecular formula is C15H19N3O3. The quantitative estimate of drug-likeness (QED) is 0.839. The van der Waals surface area contributed by atoms with Gasteiger partial charge in [-0.15, -0.1) is 0 Å². The van der Waals surface area contributed by atoms with Gasteiger partial charge in [-0.1, -0.05) is 6.07 Å². The SMILES string of the molecule is CC1CN(C)CCN1C(=O)c1ncccc1/C=C/C(=O)O. The average molecular weight is 289 g/mol. The molecule has 1 atom stereocenters. The van der Waals surface area contributed by atoms with Crippen molar-refractivity contribution in [2.24, 2.45) is 0 Å². The topological polar surface area (TPSA) is 73.7 Å². The number of carboxylic acids is 1. The minimum Gasteiger partial charge on any atom is -0.478 e. The molecule has 2 heterocycles. The maximum absolute atomic E-state index is 12.6. The van der Waals surface area contributed by atoms with Crippen LogP contribution < -0.4 is 0 Å². The summed E-state index contributed by atoms with van der Waals surface area (Å²) in [5, 5.41) is 8.72. The number of aromatic nitrogens is 1. The summed E-state index contributed by atoms with van der Waals surface area (Å²) in [4.78, 5) is 31.4.